The molecule has 0 aromatic heterocycles. The maximum Gasteiger partial charge on any atom is 0.196 e. The largest absolute Gasteiger partial charge is 0.496 e. The number of nitrogens with zero attached hydrogens (tertiary/aromatic N) is 1. The molecule has 2 rings (SSSR count). The van der Waals surface area contributed by atoms with Gasteiger partial charge in [0.25, 0.3) is 0 Å². The molecule has 166 valence electrons. The molecule has 2 aromatic carbocycles. The number of halogens is 1. The number of hydrogen-bond acceptors (Lipinski definition) is 6. The Labute approximate surface area is 194 Å². The maximum atomic E-state index is 5.50. The fourth-order valence-electron chi connectivity index (χ4n) is 2.75. The van der Waals surface area contributed by atoms with Crippen LogP contribution in [0.3, 0.4) is 0 Å². The van der Waals surface area contributed by atoms with Gasteiger partial charge in [-0.15, -0.1) is 24.0 Å². The van der Waals surface area contributed by atoms with E-state index in [2.05, 4.69) is 15.6 Å². The number of guanidine groups is 1. The topological polar surface area (TPSA) is 82.6 Å². The third-order valence-corrected chi connectivity index (χ3v) is 4.20. The summed E-state index contributed by atoms with van der Waals surface area (Å²) < 4.78 is 26.9. The Morgan fingerprint density at radius 2 is 1.40 bits per heavy atom. The lowest BCUT2D eigenvalue weighted by molar-refractivity contribution is 0.355. The van der Waals surface area contributed by atoms with E-state index >= 15 is 0 Å². The van der Waals surface area contributed by atoms with E-state index in [1.807, 2.05) is 37.3 Å². The van der Waals surface area contributed by atoms with E-state index < -0.39 is 0 Å². The molecule has 2 aromatic rings. The Bertz CT molecular complexity index is 820. The molecule has 30 heavy (non-hydrogen) atoms. The van der Waals surface area contributed by atoms with Crippen LogP contribution in [-0.4, -0.2) is 48.1 Å². The van der Waals surface area contributed by atoms with Gasteiger partial charge in [0.2, 0.25) is 0 Å². The number of benzene rings is 2. The SMILES string of the molecule is CCNC(=NCc1c(OC)cc(OC)cc1OC)Nc1ccc(OC)c(OC)c1.I. The number of hydrogen-bond donors (Lipinski definition) is 2. The highest BCUT2D eigenvalue weighted by molar-refractivity contribution is 14.0. The highest BCUT2D eigenvalue weighted by Gasteiger charge is 2.13. The predicted molar refractivity (Wildman–Crippen MR) is 129 cm³/mol. The summed E-state index contributed by atoms with van der Waals surface area (Å²) in [7, 11) is 8.01. The van der Waals surface area contributed by atoms with Crippen LogP contribution in [0.25, 0.3) is 0 Å². The fourth-order valence-corrected chi connectivity index (χ4v) is 2.75. The van der Waals surface area contributed by atoms with Crippen LogP contribution in [0.5, 0.6) is 28.7 Å². The van der Waals surface area contributed by atoms with Crippen LogP contribution in [0.2, 0.25) is 0 Å². The molecular weight excluding hydrogens is 501 g/mol. The second-order valence-electron chi connectivity index (χ2n) is 5.90. The van der Waals surface area contributed by atoms with Crippen LogP contribution in [0.4, 0.5) is 5.69 Å². The number of ether oxygens (including phenoxy) is 5. The number of rotatable bonds is 9. The van der Waals surface area contributed by atoms with Gasteiger partial charge < -0.3 is 34.3 Å². The summed E-state index contributed by atoms with van der Waals surface area (Å²) in [6, 6.07) is 9.19. The summed E-state index contributed by atoms with van der Waals surface area (Å²) in [5.74, 6) is 3.85. The van der Waals surface area contributed by atoms with E-state index in [0.717, 1.165) is 11.3 Å². The minimum absolute atomic E-state index is 0. The van der Waals surface area contributed by atoms with Crippen molar-refractivity contribution in [2.75, 3.05) is 47.4 Å². The zero-order valence-electron chi connectivity index (χ0n) is 18.2. The lowest BCUT2D eigenvalue weighted by atomic mass is 10.1. The molecule has 0 atom stereocenters. The molecule has 8 nitrogen and oxygen atoms in total. The van der Waals surface area contributed by atoms with Crippen molar-refractivity contribution in [3.8, 4) is 28.7 Å². The van der Waals surface area contributed by atoms with Crippen molar-refractivity contribution in [1.82, 2.24) is 5.32 Å². The zero-order valence-corrected chi connectivity index (χ0v) is 20.5. The average Bonchev–Trinajstić information content (AvgIpc) is 2.76. The van der Waals surface area contributed by atoms with E-state index in [0.29, 0.717) is 47.8 Å². The van der Waals surface area contributed by atoms with Gasteiger partial charge in [-0.25, -0.2) is 4.99 Å². The molecule has 0 fully saturated rings. The van der Waals surface area contributed by atoms with E-state index in [9.17, 15) is 0 Å². The lowest BCUT2D eigenvalue weighted by Crippen LogP contribution is -2.30. The Kier molecular flexibility index (Phi) is 10.9. The summed E-state index contributed by atoms with van der Waals surface area (Å²) in [4.78, 5) is 4.67. The van der Waals surface area contributed by atoms with E-state index in [1.165, 1.54) is 0 Å². The monoisotopic (exact) mass is 531 g/mol. The second-order valence-corrected chi connectivity index (χ2v) is 5.90. The number of nitrogens with one attached hydrogen (secondary N) is 2. The number of methoxy groups -OCH3 is 5. The predicted octanol–water partition coefficient (Wildman–Crippen LogP) is 3.93. The molecule has 0 bridgehead atoms. The average molecular weight is 531 g/mol. The van der Waals surface area contributed by atoms with E-state index in [-0.39, 0.29) is 24.0 Å². The van der Waals surface area contributed by atoms with Gasteiger partial charge >= 0.3 is 0 Å². The standard InChI is InChI=1S/C21H29N3O5.HI/c1-7-22-21(24-14-8-9-17(26-3)20(10-14)29-6)23-13-16-18(27-4)11-15(25-2)12-19(16)28-5;/h8-12H,7,13H2,1-6H3,(H2,22,23,24);1H. The van der Waals surface area contributed by atoms with E-state index in [1.54, 1.807) is 35.5 Å². The summed E-state index contributed by atoms with van der Waals surface area (Å²) in [5, 5.41) is 6.50. The van der Waals surface area contributed by atoms with Gasteiger partial charge in [0, 0.05) is 30.4 Å². The van der Waals surface area contributed by atoms with Crippen LogP contribution >= 0.6 is 24.0 Å². The molecule has 0 radical (unpaired) electrons. The Morgan fingerprint density at radius 1 is 0.800 bits per heavy atom. The van der Waals surface area contributed by atoms with Crippen molar-refractivity contribution in [2.24, 2.45) is 4.99 Å². The molecule has 0 aliphatic carbocycles. The van der Waals surface area contributed by atoms with Crippen molar-refractivity contribution in [2.45, 2.75) is 13.5 Å². The van der Waals surface area contributed by atoms with Crippen molar-refractivity contribution in [3.05, 3.63) is 35.9 Å². The Hall–Kier alpha value is -2.56. The second kappa shape index (κ2) is 12.9. The van der Waals surface area contributed by atoms with Crippen molar-refractivity contribution < 1.29 is 23.7 Å². The molecule has 0 aliphatic heterocycles. The molecular formula is C21H30IN3O5. The van der Waals surface area contributed by atoms with Gasteiger partial charge in [0.05, 0.1) is 47.7 Å². The highest BCUT2D eigenvalue weighted by atomic mass is 127. The maximum absolute atomic E-state index is 5.50. The normalized spacial score (nSPS) is 10.5. The van der Waals surface area contributed by atoms with Crippen molar-refractivity contribution in [1.29, 1.82) is 0 Å². The van der Waals surface area contributed by atoms with Crippen molar-refractivity contribution in [3.63, 3.8) is 0 Å². The fraction of sp³-hybridized carbons (Fsp3) is 0.381. The zero-order chi connectivity index (χ0) is 21.2. The summed E-state index contributed by atoms with van der Waals surface area (Å²) in [6.07, 6.45) is 0. The summed E-state index contributed by atoms with van der Waals surface area (Å²) in [5.41, 5.74) is 1.64. The molecule has 0 saturated carbocycles. The van der Waals surface area contributed by atoms with Crippen LogP contribution in [0.15, 0.2) is 35.3 Å². The molecule has 0 amide bonds. The molecule has 0 unspecified atom stereocenters. The summed E-state index contributed by atoms with van der Waals surface area (Å²) in [6.45, 7) is 3.05. The first kappa shape index (κ1) is 25.5. The van der Waals surface area contributed by atoms with Gasteiger partial charge in [-0.05, 0) is 19.1 Å². The van der Waals surface area contributed by atoms with Gasteiger partial charge in [0.15, 0.2) is 17.5 Å². The quantitative estimate of drug-likeness (QED) is 0.288. The third-order valence-electron chi connectivity index (χ3n) is 4.20. The van der Waals surface area contributed by atoms with Gasteiger partial charge in [-0.1, -0.05) is 0 Å². The first-order valence-corrected chi connectivity index (χ1v) is 9.16. The molecule has 0 saturated heterocycles. The first-order chi connectivity index (χ1) is 14.1. The van der Waals surface area contributed by atoms with Gasteiger partial charge in [-0.2, -0.15) is 0 Å². The summed E-state index contributed by atoms with van der Waals surface area (Å²) >= 11 is 0. The van der Waals surface area contributed by atoms with Gasteiger partial charge in [0.1, 0.15) is 17.2 Å². The first-order valence-electron chi connectivity index (χ1n) is 9.16. The van der Waals surface area contributed by atoms with Gasteiger partial charge in [-0.3, -0.25) is 0 Å². The van der Waals surface area contributed by atoms with Crippen molar-refractivity contribution >= 4 is 35.6 Å². The molecule has 0 aliphatic rings. The smallest absolute Gasteiger partial charge is 0.196 e. The third kappa shape index (κ3) is 6.48. The molecule has 9 heteroatoms. The van der Waals surface area contributed by atoms with Crippen LogP contribution in [0.1, 0.15) is 12.5 Å². The highest BCUT2D eigenvalue weighted by Crippen LogP contribution is 2.34. The van der Waals surface area contributed by atoms with E-state index in [4.69, 9.17) is 23.7 Å². The minimum Gasteiger partial charge on any atom is -0.496 e. The molecule has 2 N–H and O–H groups in total. The number of aliphatic imine (C=N–C) groups is 1. The van der Waals surface area contributed by atoms with Crippen LogP contribution in [0, 0.1) is 0 Å². The Morgan fingerprint density at radius 3 is 1.90 bits per heavy atom. The van der Waals surface area contributed by atoms with Crippen LogP contribution in [-0.2, 0) is 6.54 Å². The van der Waals surface area contributed by atoms with Crippen LogP contribution < -0.4 is 34.3 Å². The lowest BCUT2D eigenvalue weighted by Gasteiger charge is -2.16. The molecule has 0 spiro atoms. The number of anilines is 1. The minimum atomic E-state index is 0. The molecule has 0 heterocycles. The Balaban J connectivity index is 0.00000450.